The molecular weight excluding hydrogens is 634 g/mol. The predicted octanol–water partition coefficient (Wildman–Crippen LogP) is 13.1. The van der Waals surface area contributed by atoms with Crippen LogP contribution >= 0.6 is 0 Å². The van der Waals surface area contributed by atoms with Crippen molar-refractivity contribution < 1.29 is 23.7 Å². The second-order valence-electron chi connectivity index (χ2n) is 16.6. The van der Waals surface area contributed by atoms with Gasteiger partial charge in [-0.3, -0.25) is 4.79 Å². The fourth-order valence-electron chi connectivity index (χ4n) is 6.46. The fraction of sp³-hybridized carbons (Fsp3) is 0.978. The van der Waals surface area contributed by atoms with Gasteiger partial charge in [0.2, 0.25) is 0 Å². The molecule has 0 saturated carbocycles. The molecule has 0 fully saturated rings. The molecule has 0 aromatic carbocycles. The maximum absolute atomic E-state index is 13.3. The molecule has 1 amide bonds. The first kappa shape index (κ1) is 50.3. The Labute approximate surface area is 319 Å². The molecule has 51 heavy (non-hydrogen) atoms. The zero-order chi connectivity index (χ0) is 37.7. The van der Waals surface area contributed by atoms with Crippen molar-refractivity contribution in [1.29, 1.82) is 0 Å². The Balaban J connectivity index is 4.26. The van der Waals surface area contributed by atoms with Crippen LogP contribution in [0.3, 0.4) is 0 Å². The first-order valence-electron chi connectivity index (χ1n) is 22.3. The second-order valence-corrected chi connectivity index (χ2v) is 16.6. The minimum Gasteiger partial charge on any atom is -0.379 e. The van der Waals surface area contributed by atoms with E-state index in [1.54, 1.807) is 7.11 Å². The lowest BCUT2D eigenvalue weighted by Crippen LogP contribution is -2.51. The van der Waals surface area contributed by atoms with Gasteiger partial charge in [-0.15, -0.1) is 0 Å². The van der Waals surface area contributed by atoms with Crippen molar-refractivity contribution in [2.45, 2.75) is 245 Å². The van der Waals surface area contributed by atoms with E-state index in [0.717, 1.165) is 26.1 Å². The van der Waals surface area contributed by atoms with E-state index in [2.05, 4.69) is 19.2 Å². The van der Waals surface area contributed by atoms with Crippen molar-refractivity contribution in [2.75, 3.05) is 40.1 Å². The summed E-state index contributed by atoms with van der Waals surface area (Å²) in [6, 6.07) is -0.186. The Bertz CT molecular complexity index is 691. The molecule has 1 N–H and O–H groups in total. The van der Waals surface area contributed by atoms with Gasteiger partial charge in [0.05, 0.1) is 31.5 Å². The molecule has 0 aromatic rings. The Morgan fingerprint density at radius 2 is 0.804 bits per heavy atom. The molecule has 0 radical (unpaired) electrons. The van der Waals surface area contributed by atoms with Crippen molar-refractivity contribution >= 4 is 5.91 Å². The summed E-state index contributed by atoms with van der Waals surface area (Å²) in [7, 11) is 1.71. The molecule has 0 unspecified atom stereocenters. The zero-order valence-corrected chi connectivity index (χ0v) is 35.7. The topological polar surface area (TPSA) is 66.0 Å². The molecule has 0 aliphatic carbocycles. The third-order valence-corrected chi connectivity index (χ3v) is 10.5. The van der Waals surface area contributed by atoms with Gasteiger partial charge in [0, 0.05) is 20.3 Å². The van der Waals surface area contributed by atoms with Crippen LogP contribution in [-0.2, 0) is 23.7 Å². The normalized spacial score (nSPS) is 12.3. The van der Waals surface area contributed by atoms with Gasteiger partial charge in [-0.1, -0.05) is 181 Å². The summed E-state index contributed by atoms with van der Waals surface area (Å²) < 4.78 is 23.7. The molecule has 0 saturated heterocycles. The predicted molar refractivity (Wildman–Crippen MR) is 220 cm³/mol. The molecule has 0 heterocycles. The standard InChI is InChI=1S/C45H91NO5/c1-8-10-12-14-16-18-20-22-24-26-28-30-32-34-37-49-40-42(46-43(47)45(5,6)51-39-36-44(3,4)48-7)41-50-38-35-33-31-29-27-25-23-21-19-17-15-13-11-9-2/h42H,8-41H2,1-7H3,(H,46,47). The van der Waals surface area contributed by atoms with Gasteiger partial charge in [-0.05, 0) is 47.0 Å². The number of hydrogen-bond acceptors (Lipinski definition) is 5. The molecule has 0 aliphatic heterocycles. The Morgan fingerprint density at radius 3 is 1.12 bits per heavy atom. The lowest BCUT2D eigenvalue weighted by molar-refractivity contribution is -0.146. The van der Waals surface area contributed by atoms with E-state index in [-0.39, 0.29) is 17.6 Å². The number of hydrogen-bond donors (Lipinski definition) is 1. The monoisotopic (exact) mass is 726 g/mol. The highest BCUT2D eigenvalue weighted by atomic mass is 16.5. The molecule has 0 aliphatic rings. The van der Waals surface area contributed by atoms with Crippen molar-refractivity contribution in [1.82, 2.24) is 5.32 Å². The SMILES string of the molecule is CCCCCCCCCCCCCCCCOCC(COCCCCCCCCCCCCCCCC)NC(=O)C(C)(C)OCCC(C)(C)OC. The summed E-state index contributed by atoms with van der Waals surface area (Å²) in [4.78, 5) is 13.3. The smallest absolute Gasteiger partial charge is 0.252 e. The van der Waals surface area contributed by atoms with E-state index < -0.39 is 5.60 Å². The molecule has 0 spiro atoms. The third-order valence-electron chi connectivity index (χ3n) is 10.5. The first-order chi connectivity index (χ1) is 24.7. The summed E-state index contributed by atoms with van der Waals surface area (Å²) in [5, 5.41) is 3.18. The van der Waals surface area contributed by atoms with Crippen molar-refractivity contribution in [3.8, 4) is 0 Å². The van der Waals surface area contributed by atoms with Gasteiger partial charge in [0.25, 0.3) is 5.91 Å². The number of unbranched alkanes of at least 4 members (excludes halogenated alkanes) is 26. The number of ether oxygens (including phenoxy) is 4. The van der Waals surface area contributed by atoms with Gasteiger partial charge in [0.1, 0.15) is 5.60 Å². The van der Waals surface area contributed by atoms with E-state index in [1.165, 1.54) is 167 Å². The third kappa shape index (κ3) is 34.8. The van der Waals surface area contributed by atoms with Gasteiger partial charge < -0.3 is 24.3 Å². The molecule has 0 aromatic heterocycles. The van der Waals surface area contributed by atoms with Crippen LogP contribution in [0.15, 0.2) is 0 Å². The van der Waals surface area contributed by atoms with E-state index in [0.29, 0.717) is 26.2 Å². The maximum Gasteiger partial charge on any atom is 0.252 e. The molecule has 0 bridgehead atoms. The van der Waals surface area contributed by atoms with Gasteiger partial charge in [0.15, 0.2) is 0 Å². The fourth-order valence-corrected chi connectivity index (χ4v) is 6.46. The summed E-state index contributed by atoms with van der Waals surface area (Å²) in [5.74, 6) is -0.122. The minimum absolute atomic E-state index is 0.122. The van der Waals surface area contributed by atoms with E-state index in [9.17, 15) is 4.79 Å². The van der Waals surface area contributed by atoms with Crippen LogP contribution < -0.4 is 5.32 Å². The Kier molecular flexibility index (Phi) is 35.8. The van der Waals surface area contributed by atoms with Crippen molar-refractivity contribution in [3.05, 3.63) is 0 Å². The largest absolute Gasteiger partial charge is 0.379 e. The average molecular weight is 726 g/mol. The lowest BCUT2D eigenvalue weighted by Gasteiger charge is -2.29. The second kappa shape index (κ2) is 36.3. The van der Waals surface area contributed by atoms with E-state index in [1.807, 2.05) is 27.7 Å². The van der Waals surface area contributed by atoms with Gasteiger partial charge in [-0.25, -0.2) is 0 Å². The molecule has 6 heteroatoms. The number of rotatable bonds is 41. The molecule has 6 nitrogen and oxygen atoms in total. The Morgan fingerprint density at radius 1 is 0.490 bits per heavy atom. The molecule has 0 rings (SSSR count). The van der Waals surface area contributed by atoms with Crippen LogP contribution in [0.25, 0.3) is 0 Å². The number of amides is 1. The first-order valence-corrected chi connectivity index (χ1v) is 22.3. The summed E-state index contributed by atoms with van der Waals surface area (Å²) in [6.07, 6.45) is 38.5. The number of carbonyl (C=O) groups excluding carboxylic acids is 1. The minimum atomic E-state index is -0.939. The van der Waals surface area contributed by atoms with Crippen LogP contribution in [0.1, 0.15) is 228 Å². The Hall–Kier alpha value is -0.690. The molecule has 0 atom stereocenters. The van der Waals surface area contributed by atoms with Crippen molar-refractivity contribution in [2.24, 2.45) is 0 Å². The highest BCUT2D eigenvalue weighted by Gasteiger charge is 2.31. The summed E-state index contributed by atoms with van der Waals surface area (Å²) in [5.41, 5.74) is -1.22. The highest BCUT2D eigenvalue weighted by molar-refractivity contribution is 5.84. The number of methoxy groups -OCH3 is 1. The summed E-state index contributed by atoms with van der Waals surface area (Å²) in [6.45, 7) is 15.2. The summed E-state index contributed by atoms with van der Waals surface area (Å²) >= 11 is 0. The van der Waals surface area contributed by atoms with E-state index >= 15 is 0 Å². The van der Waals surface area contributed by atoms with Crippen molar-refractivity contribution in [3.63, 3.8) is 0 Å². The van der Waals surface area contributed by atoms with Gasteiger partial charge in [-0.2, -0.15) is 0 Å². The van der Waals surface area contributed by atoms with E-state index in [4.69, 9.17) is 18.9 Å². The van der Waals surface area contributed by atoms with Crippen LogP contribution in [0.5, 0.6) is 0 Å². The van der Waals surface area contributed by atoms with Crippen LogP contribution in [0.4, 0.5) is 0 Å². The number of nitrogens with one attached hydrogen (secondary N) is 1. The van der Waals surface area contributed by atoms with Crippen LogP contribution in [0, 0.1) is 0 Å². The lowest BCUT2D eigenvalue weighted by atomic mass is 10.0. The van der Waals surface area contributed by atoms with Crippen LogP contribution in [-0.4, -0.2) is 63.3 Å². The molecular formula is C45H91NO5. The zero-order valence-electron chi connectivity index (χ0n) is 35.7. The average Bonchev–Trinajstić information content (AvgIpc) is 3.10. The van der Waals surface area contributed by atoms with Gasteiger partial charge >= 0.3 is 0 Å². The van der Waals surface area contributed by atoms with Crippen LogP contribution in [0.2, 0.25) is 0 Å². The number of carbonyl (C=O) groups is 1. The maximum atomic E-state index is 13.3. The quantitative estimate of drug-likeness (QED) is 0.0636. The molecule has 306 valence electrons. The highest BCUT2D eigenvalue weighted by Crippen LogP contribution is 2.18.